The Bertz CT molecular complexity index is 508. The minimum atomic E-state index is -4.81. The second-order valence-corrected chi connectivity index (χ2v) is 5.25. The van der Waals surface area contributed by atoms with Crippen LogP contribution in [0.1, 0.15) is 42.1 Å². The first-order valence-corrected chi connectivity index (χ1v) is 6.45. The van der Waals surface area contributed by atoms with E-state index in [0.717, 1.165) is 25.3 Å². The maximum atomic E-state index is 13.1. The van der Waals surface area contributed by atoms with E-state index in [2.05, 4.69) is 5.32 Å². The van der Waals surface area contributed by atoms with Crippen LogP contribution < -0.4 is 5.32 Å². The predicted octanol–water partition coefficient (Wildman–Crippen LogP) is 3.76. The fourth-order valence-electron chi connectivity index (χ4n) is 2.10. The third-order valence-corrected chi connectivity index (χ3v) is 3.30. The summed E-state index contributed by atoms with van der Waals surface area (Å²) < 4.78 is 50.8. The fraction of sp³-hybridized carbons (Fsp3) is 0.500. The second kappa shape index (κ2) is 5.42. The third-order valence-electron chi connectivity index (χ3n) is 3.30. The second-order valence-electron chi connectivity index (χ2n) is 5.25. The number of rotatable bonds is 4. The van der Waals surface area contributed by atoms with Crippen LogP contribution in [0.15, 0.2) is 18.2 Å². The molecule has 2 rings (SSSR count). The molecular weight excluding hydrogens is 274 g/mol. The smallest absolute Gasteiger partial charge is 0.350 e. The number of alkyl halides is 3. The van der Waals surface area contributed by atoms with E-state index in [-0.39, 0.29) is 11.6 Å². The minimum absolute atomic E-state index is 0.102. The molecule has 1 aliphatic carbocycles. The average molecular weight is 289 g/mol. The van der Waals surface area contributed by atoms with Crippen molar-refractivity contribution in [3.05, 3.63) is 35.1 Å². The zero-order chi connectivity index (χ0) is 14.9. The molecule has 1 atom stereocenters. The van der Waals surface area contributed by atoms with Crippen LogP contribution in [0.5, 0.6) is 0 Å². The molecule has 20 heavy (non-hydrogen) atoms. The first-order valence-electron chi connectivity index (χ1n) is 6.45. The van der Waals surface area contributed by atoms with Gasteiger partial charge in [-0.1, -0.05) is 12.8 Å². The lowest BCUT2D eigenvalue weighted by Crippen LogP contribution is -2.33. The van der Waals surface area contributed by atoms with Gasteiger partial charge in [0, 0.05) is 11.6 Å². The molecule has 6 heteroatoms. The number of carbonyl (C=O) groups excluding carboxylic acids is 1. The molecule has 1 unspecified atom stereocenters. The summed E-state index contributed by atoms with van der Waals surface area (Å²) in [5.74, 6) is -1.38. The van der Waals surface area contributed by atoms with Crippen molar-refractivity contribution in [3.63, 3.8) is 0 Å². The van der Waals surface area contributed by atoms with Crippen molar-refractivity contribution in [1.82, 2.24) is 5.32 Å². The molecule has 0 saturated heterocycles. The van der Waals surface area contributed by atoms with Crippen LogP contribution >= 0.6 is 0 Å². The van der Waals surface area contributed by atoms with Crippen molar-refractivity contribution >= 4 is 5.91 Å². The van der Waals surface area contributed by atoms with E-state index in [1.807, 2.05) is 6.92 Å². The van der Waals surface area contributed by atoms with Gasteiger partial charge in [0.25, 0.3) is 5.91 Å². The standard InChI is InChI=1S/C14H15F4NO/c1-8(6-9-2-3-9)19-13(20)10-4-5-12(15)11(7-10)14(16,17)18/h4-5,7-9H,2-3,6H2,1H3,(H,19,20). The van der Waals surface area contributed by atoms with Crippen LogP contribution in [0, 0.1) is 11.7 Å². The van der Waals surface area contributed by atoms with Crippen LogP contribution in [-0.2, 0) is 6.18 Å². The summed E-state index contributed by atoms with van der Waals surface area (Å²) in [6.45, 7) is 1.81. The van der Waals surface area contributed by atoms with Gasteiger partial charge >= 0.3 is 6.18 Å². The summed E-state index contributed by atoms with van der Waals surface area (Å²) in [4.78, 5) is 11.8. The van der Waals surface area contributed by atoms with Crippen LogP contribution in [0.4, 0.5) is 17.6 Å². The summed E-state index contributed by atoms with van der Waals surface area (Å²) in [5, 5.41) is 2.64. The SMILES string of the molecule is CC(CC1CC1)NC(=O)c1ccc(F)c(C(F)(F)F)c1. The Morgan fingerprint density at radius 1 is 1.40 bits per heavy atom. The van der Waals surface area contributed by atoms with Gasteiger partial charge in [0.1, 0.15) is 5.82 Å². The van der Waals surface area contributed by atoms with Crippen molar-refractivity contribution < 1.29 is 22.4 Å². The van der Waals surface area contributed by atoms with Crippen molar-refractivity contribution in [2.75, 3.05) is 0 Å². The number of benzene rings is 1. The van der Waals surface area contributed by atoms with Crippen molar-refractivity contribution in [2.24, 2.45) is 5.92 Å². The first kappa shape index (κ1) is 14.8. The summed E-state index contributed by atoms with van der Waals surface area (Å²) in [5.41, 5.74) is -1.60. The normalized spacial score (nSPS) is 16.9. The van der Waals surface area contributed by atoms with Crippen molar-refractivity contribution in [1.29, 1.82) is 0 Å². The quantitative estimate of drug-likeness (QED) is 0.840. The number of carbonyl (C=O) groups is 1. The highest BCUT2D eigenvalue weighted by Crippen LogP contribution is 2.34. The molecule has 0 spiro atoms. The van der Waals surface area contributed by atoms with Gasteiger partial charge in [-0.05, 0) is 37.5 Å². The van der Waals surface area contributed by atoms with Gasteiger partial charge in [-0.3, -0.25) is 4.79 Å². The summed E-state index contributed by atoms with van der Waals surface area (Å²) in [7, 11) is 0. The molecule has 0 radical (unpaired) electrons. The summed E-state index contributed by atoms with van der Waals surface area (Å²) in [6.07, 6.45) is -1.72. The molecule has 1 N–H and O–H groups in total. The first-order chi connectivity index (χ1) is 9.27. The van der Waals surface area contributed by atoms with Crippen molar-refractivity contribution in [2.45, 2.75) is 38.4 Å². The Labute approximate surface area is 114 Å². The largest absolute Gasteiger partial charge is 0.419 e. The van der Waals surface area contributed by atoms with Gasteiger partial charge in [-0.15, -0.1) is 0 Å². The van der Waals surface area contributed by atoms with E-state index < -0.39 is 23.5 Å². The zero-order valence-corrected chi connectivity index (χ0v) is 10.9. The number of nitrogens with one attached hydrogen (secondary N) is 1. The van der Waals surface area contributed by atoms with Gasteiger partial charge in [-0.25, -0.2) is 4.39 Å². The molecule has 2 nitrogen and oxygen atoms in total. The van der Waals surface area contributed by atoms with E-state index >= 15 is 0 Å². The Morgan fingerprint density at radius 3 is 2.60 bits per heavy atom. The van der Waals surface area contributed by atoms with Crippen LogP contribution in [-0.4, -0.2) is 11.9 Å². The molecule has 1 aromatic carbocycles. The van der Waals surface area contributed by atoms with Gasteiger partial charge in [-0.2, -0.15) is 13.2 Å². The molecule has 1 aromatic rings. The highest BCUT2D eigenvalue weighted by Gasteiger charge is 2.34. The monoisotopic (exact) mass is 289 g/mol. The van der Waals surface area contributed by atoms with Crippen LogP contribution in [0.2, 0.25) is 0 Å². The summed E-state index contributed by atoms with van der Waals surface area (Å²) >= 11 is 0. The molecule has 0 heterocycles. The van der Waals surface area contributed by atoms with Gasteiger partial charge in [0.15, 0.2) is 0 Å². The molecule has 1 amide bonds. The maximum absolute atomic E-state index is 13.1. The number of halogens is 4. The van der Waals surface area contributed by atoms with Crippen molar-refractivity contribution in [3.8, 4) is 0 Å². The Kier molecular flexibility index (Phi) is 4.01. The van der Waals surface area contributed by atoms with Gasteiger partial charge in [0.2, 0.25) is 0 Å². The Balaban J connectivity index is 2.09. The highest BCUT2D eigenvalue weighted by atomic mass is 19.4. The van der Waals surface area contributed by atoms with E-state index in [1.54, 1.807) is 0 Å². The predicted molar refractivity (Wildman–Crippen MR) is 65.7 cm³/mol. The molecular formula is C14H15F4NO. The molecule has 1 saturated carbocycles. The number of hydrogen-bond donors (Lipinski definition) is 1. The molecule has 1 aliphatic rings. The van der Waals surface area contributed by atoms with E-state index in [0.29, 0.717) is 18.1 Å². The lowest BCUT2D eigenvalue weighted by atomic mass is 10.1. The zero-order valence-electron chi connectivity index (χ0n) is 10.9. The van der Waals surface area contributed by atoms with Crippen LogP contribution in [0.25, 0.3) is 0 Å². The molecule has 0 aromatic heterocycles. The lowest BCUT2D eigenvalue weighted by molar-refractivity contribution is -0.140. The lowest BCUT2D eigenvalue weighted by Gasteiger charge is -2.14. The number of amides is 1. The summed E-state index contributed by atoms with van der Waals surface area (Å²) in [6, 6.07) is 2.18. The Morgan fingerprint density at radius 2 is 2.05 bits per heavy atom. The molecule has 110 valence electrons. The average Bonchev–Trinajstić information content (AvgIpc) is 3.11. The maximum Gasteiger partial charge on any atom is 0.419 e. The Hall–Kier alpha value is -1.59. The topological polar surface area (TPSA) is 29.1 Å². The molecule has 0 bridgehead atoms. The van der Waals surface area contributed by atoms with Gasteiger partial charge < -0.3 is 5.32 Å². The third kappa shape index (κ3) is 3.71. The molecule has 1 fully saturated rings. The minimum Gasteiger partial charge on any atom is -0.350 e. The van der Waals surface area contributed by atoms with E-state index in [9.17, 15) is 22.4 Å². The molecule has 0 aliphatic heterocycles. The van der Waals surface area contributed by atoms with Crippen LogP contribution in [0.3, 0.4) is 0 Å². The fourth-order valence-corrected chi connectivity index (χ4v) is 2.10. The number of hydrogen-bond acceptors (Lipinski definition) is 1. The van der Waals surface area contributed by atoms with E-state index in [4.69, 9.17) is 0 Å². The van der Waals surface area contributed by atoms with E-state index in [1.165, 1.54) is 0 Å². The highest BCUT2D eigenvalue weighted by molar-refractivity contribution is 5.94. The van der Waals surface area contributed by atoms with Gasteiger partial charge in [0.05, 0.1) is 5.56 Å².